The fourth-order valence-corrected chi connectivity index (χ4v) is 2.02. The summed E-state index contributed by atoms with van der Waals surface area (Å²) in [6.07, 6.45) is 3.77. The van der Waals surface area contributed by atoms with Crippen LogP contribution in [0.3, 0.4) is 0 Å². The van der Waals surface area contributed by atoms with E-state index >= 15 is 0 Å². The van der Waals surface area contributed by atoms with Crippen molar-refractivity contribution < 1.29 is 4.74 Å². The summed E-state index contributed by atoms with van der Waals surface area (Å²) < 4.78 is 5.11. The number of hydrogen-bond donors (Lipinski definition) is 1. The van der Waals surface area contributed by atoms with Gasteiger partial charge in [-0.1, -0.05) is 41.0 Å². The number of nitrogens with one attached hydrogen (secondary N) is 1. The summed E-state index contributed by atoms with van der Waals surface area (Å²) in [4.78, 5) is 0. The van der Waals surface area contributed by atoms with E-state index in [1.54, 1.807) is 7.11 Å². The van der Waals surface area contributed by atoms with Crippen molar-refractivity contribution in [1.82, 2.24) is 5.32 Å². The van der Waals surface area contributed by atoms with Gasteiger partial charge < -0.3 is 10.1 Å². The van der Waals surface area contributed by atoms with Crippen molar-refractivity contribution in [3.63, 3.8) is 0 Å². The van der Waals surface area contributed by atoms with E-state index in [0.29, 0.717) is 5.41 Å². The summed E-state index contributed by atoms with van der Waals surface area (Å²) in [5.74, 6) is 1.50. The van der Waals surface area contributed by atoms with Crippen molar-refractivity contribution in [3.8, 4) is 0 Å². The quantitative estimate of drug-likeness (QED) is 0.623. The second-order valence-corrected chi connectivity index (χ2v) is 6.60. The highest BCUT2D eigenvalue weighted by Gasteiger charge is 2.23. The van der Waals surface area contributed by atoms with Crippen LogP contribution in [0.5, 0.6) is 0 Å². The molecule has 0 saturated heterocycles. The zero-order valence-corrected chi connectivity index (χ0v) is 12.8. The Bertz CT molecular complexity index is 172. The third-order valence-electron chi connectivity index (χ3n) is 3.32. The van der Waals surface area contributed by atoms with Gasteiger partial charge in [0.1, 0.15) is 0 Å². The number of rotatable bonds is 9. The molecule has 0 aliphatic carbocycles. The summed E-state index contributed by atoms with van der Waals surface area (Å²) in [7, 11) is 1.78. The Labute approximate surface area is 109 Å². The molecule has 0 aliphatic heterocycles. The molecule has 0 radical (unpaired) electrons. The zero-order valence-electron chi connectivity index (χ0n) is 12.8. The Morgan fingerprint density at radius 1 is 1.06 bits per heavy atom. The van der Waals surface area contributed by atoms with Gasteiger partial charge in [0.2, 0.25) is 0 Å². The van der Waals surface area contributed by atoms with Gasteiger partial charge in [0.25, 0.3) is 0 Å². The molecule has 0 rings (SSSR count). The number of methoxy groups -OCH3 is 1. The van der Waals surface area contributed by atoms with E-state index in [4.69, 9.17) is 4.74 Å². The first-order valence-corrected chi connectivity index (χ1v) is 7.07. The average Bonchev–Trinajstić information content (AvgIpc) is 2.19. The largest absolute Gasteiger partial charge is 0.385 e. The normalized spacial score (nSPS) is 14.3. The molecule has 0 aliphatic rings. The zero-order chi connectivity index (χ0) is 13.3. The molecule has 0 spiro atoms. The first kappa shape index (κ1) is 16.9. The fraction of sp³-hybridized carbons (Fsp3) is 1.00. The van der Waals surface area contributed by atoms with E-state index in [9.17, 15) is 0 Å². The minimum Gasteiger partial charge on any atom is -0.385 e. The molecule has 1 N–H and O–H groups in total. The fourth-order valence-electron chi connectivity index (χ4n) is 2.02. The first-order chi connectivity index (χ1) is 7.88. The maximum absolute atomic E-state index is 5.11. The SMILES string of the molecule is COCCCCC(CNCC(C)C)C(C)(C)C. The van der Waals surface area contributed by atoms with Crippen LogP contribution < -0.4 is 5.32 Å². The van der Waals surface area contributed by atoms with Crippen molar-refractivity contribution in [2.45, 2.75) is 53.9 Å². The molecule has 0 aromatic rings. The molecule has 1 unspecified atom stereocenters. The lowest BCUT2D eigenvalue weighted by atomic mass is 9.78. The van der Waals surface area contributed by atoms with Crippen LogP contribution in [0.2, 0.25) is 0 Å². The summed E-state index contributed by atoms with van der Waals surface area (Å²) >= 11 is 0. The van der Waals surface area contributed by atoms with Crippen LogP contribution in [0, 0.1) is 17.3 Å². The van der Waals surface area contributed by atoms with E-state index in [1.807, 2.05) is 0 Å². The molecule has 0 aromatic heterocycles. The molecule has 0 aromatic carbocycles. The maximum atomic E-state index is 5.11. The lowest BCUT2D eigenvalue weighted by Crippen LogP contribution is -2.33. The van der Waals surface area contributed by atoms with Gasteiger partial charge in [-0.3, -0.25) is 0 Å². The summed E-state index contributed by atoms with van der Waals surface area (Å²) in [6.45, 7) is 14.8. The van der Waals surface area contributed by atoms with Crippen LogP contribution in [0.15, 0.2) is 0 Å². The van der Waals surface area contributed by atoms with Crippen molar-refractivity contribution >= 4 is 0 Å². The number of unbranched alkanes of at least 4 members (excludes halogenated alkanes) is 1. The molecule has 0 bridgehead atoms. The molecule has 0 amide bonds. The van der Waals surface area contributed by atoms with E-state index in [0.717, 1.165) is 31.5 Å². The highest BCUT2D eigenvalue weighted by Crippen LogP contribution is 2.29. The average molecular weight is 243 g/mol. The second kappa shape index (κ2) is 8.93. The summed E-state index contributed by atoms with van der Waals surface area (Å²) in [6, 6.07) is 0. The molecule has 104 valence electrons. The monoisotopic (exact) mass is 243 g/mol. The molecular formula is C15H33NO. The van der Waals surface area contributed by atoms with Gasteiger partial charge in [0, 0.05) is 13.7 Å². The standard InChI is InChI=1S/C15H33NO/c1-13(2)11-16-12-14(15(3,4)5)9-7-8-10-17-6/h13-14,16H,7-12H2,1-6H3. The van der Waals surface area contributed by atoms with Crippen molar-refractivity contribution in [3.05, 3.63) is 0 Å². The van der Waals surface area contributed by atoms with Gasteiger partial charge in [-0.15, -0.1) is 0 Å². The van der Waals surface area contributed by atoms with Crippen LogP contribution in [-0.4, -0.2) is 26.8 Å². The van der Waals surface area contributed by atoms with Crippen LogP contribution in [0.25, 0.3) is 0 Å². The Balaban J connectivity index is 3.90. The minimum absolute atomic E-state index is 0.400. The summed E-state index contributed by atoms with van der Waals surface area (Å²) in [5, 5.41) is 3.60. The van der Waals surface area contributed by atoms with Crippen LogP contribution in [-0.2, 0) is 4.74 Å². The summed E-state index contributed by atoms with van der Waals surface area (Å²) in [5.41, 5.74) is 0.400. The van der Waals surface area contributed by atoms with E-state index in [-0.39, 0.29) is 0 Å². The molecular weight excluding hydrogens is 210 g/mol. The van der Waals surface area contributed by atoms with Gasteiger partial charge in [-0.05, 0) is 43.2 Å². The first-order valence-electron chi connectivity index (χ1n) is 7.07. The van der Waals surface area contributed by atoms with E-state index in [2.05, 4.69) is 39.9 Å². The van der Waals surface area contributed by atoms with Gasteiger partial charge >= 0.3 is 0 Å². The number of hydrogen-bond acceptors (Lipinski definition) is 2. The second-order valence-electron chi connectivity index (χ2n) is 6.60. The van der Waals surface area contributed by atoms with Gasteiger partial charge in [0.05, 0.1) is 0 Å². The molecule has 0 fully saturated rings. The molecule has 2 heteroatoms. The molecule has 1 atom stereocenters. The van der Waals surface area contributed by atoms with Crippen molar-refractivity contribution in [2.24, 2.45) is 17.3 Å². The predicted octanol–water partition coefficient (Wildman–Crippen LogP) is 3.71. The van der Waals surface area contributed by atoms with Crippen LogP contribution >= 0.6 is 0 Å². The molecule has 17 heavy (non-hydrogen) atoms. The molecule has 2 nitrogen and oxygen atoms in total. The van der Waals surface area contributed by atoms with Crippen molar-refractivity contribution in [2.75, 3.05) is 26.8 Å². The predicted molar refractivity (Wildman–Crippen MR) is 76.4 cm³/mol. The van der Waals surface area contributed by atoms with E-state index in [1.165, 1.54) is 19.3 Å². The Kier molecular flexibility index (Phi) is 8.89. The van der Waals surface area contributed by atoms with Gasteiger partial charge in [0.15, 0.2) is 0 Å². The minimum atomic E-state index is 0.400. The third kappa shape index (κ3) is 9.61. The maximum Gasteiger partial charge on any atom is 0.0462 e. The smallest absolute Gasteiger partial charge is 0.0462 e. The topological polar surface area (TPSA) is 21.3 Å². The lowest BCUT2D eigenvalue weighted by molar-refractivity contribution is 0.175. The molecule has 0 heterocycles. The molecule has 0 saturated carbocycles. The Hall–Kier alpha value is -0.0800. The highest BCUT2D eigenvalue weighted by molar-refractivity contribution is 4.76. The third-order valence-corrected chi connectivity index (χ3v) is 3.32. The van der Waals surface area contributed by atoms with Crippen molar-refractivity contribution in [1.29, 1.82) is 0 Å². The van der Waals surface area contributed by atoms with Crippen LogP contribution in [0.1, 0.15) is 53.9 Å². The lowest BCUT2D eigenvalue weighted by Gasteiger charge is -2.31. The van der Waals surface area contributed by atoms with Gasteiger partial charge in [-0.2, -0.15) is 0 Å². The Morgan fingerprint density at radius 2 is 1.71 bits per heavy atom. The highest BCUT2D eigenvalue weighted by atomic mass is 16.5. The van der Waals surface area contributed by atoms with E-state index < -0.39 is 0 Å². The number of ether oxygens (including phenoxy) is 1. The Morgan fingerprint density at radius 3 is 2.18 bits per heavy atom. The van der Waals surface area contributed by atoms with Crippen LogP contribution in [0.4, 0.5) is 0 Å². The van der Waals surface area contributed by atoms with Gasteiger partial charge in [-0.25, -0.2) is 0 Å².